The number of hydrogen-bond acceptors (Lipinski definition) is 5. The number of anilines is 2. The first-order valence-corrected chi connectivity index (χ1v) is 10.5. The number of nitrogens with zero attached hydrogens (tertiary/aromatic N) is 4. The molecule has 154 valence electrons. The predicted octanol–water partition coefficient (Wildman–Crippen LogP) is 4.58. The third-order valence-electron chi connectivity index (χ3n) is 5.82. The number of pyridine rings is 1. The molecule has 5 rings (SSSR count). The van der Waals surface area contributed by atoms with Crippen molar-refractivity contribution in [1.82, 2.24) is 15.2 Å². The van der Waals surface area contributed by atoms with E-state index in [1.54, 1.807) is 6.07 Å². The summed E-state index contributed by atoms with van der Waals surface area (Å²) in [5, 5.41) is 11.5. The van der Waals surface area contributed by atoms with Gasteiger partial charge >= 0.3 is 0 Å². The highest BCUT2D eigenvalue weighted by Crippen LogP contribution is 2.35. The number of carbonyl (C=O) groups is 1. The Balaban J connectivity index is 1.45. The van der Waals surface area contributed by atoms with Crippen LogP contribution in [0.25, 0.3) is 10.9 Å². The zero-order chi connectivity index (χ0) is 21.2. The highest BCUT2D eigenvalue weighted by Gasteiger charge is 2.25. The Kier molecular flexibility index (Phi) is 5.04. The van der Waals surface area contributed by atoms with Gasteiger partial charge < -0.3 is 10.2 Å². The van der Waals surface area contributed by atoms with Crippen LogP contribution in [0.1, 0.15) is 34.0 Å². The van der Waals surface area contributed by atoms with Crippen molar-refractivity contribution in [3.8, 4) is 0 Å². The van der Waals surface area contributed by atoms with Gasteiger partial charge in [0, 0.05) is 41.5 Å². The maximum Gasteiger partial charge on any atom is 0.257 e. The number of fused-ring (bicyclic) bond motifs is 1. The normalized spacial score (nSPS) is 15.9. The Morgan fingerprint density at radius 1 is 1.06 bits per heavy atom. The molecule has 0 aliphatic carbocycles. The zero-order valence-corrected chi connectivity index (χ0v) is 17.3. The van der Waals surface area contributed by atoms with Gasteiger partial charge in [-0.05, 0) is 49.2 Å². The summed E-state index contributed by atoms with van der Waals surface area (Å²) >= 11 is 0. The summed E-state index contributed by atoms with van der Waals surface area (Å²) in [6, 6.07) is 20.4. The van der Waals surface area contributed by atoms with Crippen molar-refractivity contribution in [3.63, 3.8) is 0 Å². The van der Waals surface area contributed by atoms with Crippen LogP contribution >= 0.6 is 0 Å². The van der Waals surface area contributed by atoms with Gasteiger partial charge in [-0.3, -0.25) is 9.78 Å². The van der Waals surface area contributed by atoms with Crippen LogP contribution in [0.2, 0.25) is 0 Å². The molecule has 3 heterocycles. The van der Waals surface area contributed by atoms with Crippen molar-refractivity contribution < 1.29 is 4.79 Å². The van der Waals surface area contributed by atoms with Crippen LogP contribution < -0.4 is 10.2 Å². The number of rotatable bonds is 4. The number of amides is 1. The average Bonchev–Trinajstić information content (AvgIpc) is 3.30. The summed E-state index contributed by atoms with van der Waals surface area (Å²) in [5.74, 6) is 0.313. The lowest BCUT2D eigenvalue weighted by Gasteiger charge is -2.22. The molecule has 1 N–H and O–H groups in total. The minimum Gasteiger partial charge on any atom is -0.370 e. The second kappa shape index (κ2) is 8.14. The molecule has 1 fully saturated rings. The Morgan fingerprint density at radius 3 is 2.74 bits per heavy atom. The van der Waals surface area contributed by atoms with Gasteiger partial charge in [-0.2, -0.15) is 10.2 Å². The molecule has 2 aromatic carbocycles. The number of nitrogens with one attached hydrogen (secondary N) is 1. The Bertz CT molecular complexity index is 1230. The van der Waals surface area contributed by atoms with Gasteiger partial charge in [-0.1, -0.05) is 30.3 Å². The second-order valence-corrected chi connectivity index (χ2v) is 7.94. The van der Waals surface area contributed by atoms with Gasteiger partial charge in [0.15, 0.2) is 0 Å². The Morgan fingerprint density at radius 2 is 1.94 bits per heavy atom. The van der Waals surface area contributed by atoms with Gasteiger partial charge in [0.1, 0.15) is 0 Å². The molecular weight excluding hydrogens is 386 g/mol. The molecule has 6 heteroatoms. The molecule has 1 aliphatic rings. The van der Waals surface area contributed by atoms with Crippen LogP contribution in [-0.4, -0.2) is 34.2 Å². The number of aryl methyl sites for hydroxylation is 1. The summed E-state index contributed by atoms with van der Waals surface area (Å²) in [5.41, 5.74) is 5.69. The third-order valence-corrected chi connectivity index (χ3v) is 5.82. The number of benzene rings is 2. The van der Waals surface area contributed by atoms with Crippen LogP contribution in [-0.2, 0) is 0 Å². The van der Waals surface area contributed by atoms with Crippen LogP contribution in [0, 0.1) is 6.92 Å². The van der Waals surface area contributed by atoms with Gasteiger partial charge in [-0.15, -0.1) is 0 Å². The topological polar surface area (TPSA) is 71.0 Å². The molecular formula is C25H23N5O. The summed E-state index contributed by atoms with van der Waals surface area (Å²) in [6.07, 6.45) is 4.09. The molecule has 0 saturated carbocycles. The van der Waals surface area contributed by atoms with E-state index < -0.39 is 0 Å². The lowest BCUT2D eigenvalue weighted by molar-refractivity contribution is 0.102. The van der Waals surface area contributed by atoms with E-state index in [2.05, 4.69) is 56.8 Å². The minimum absolute atomic E-state index is 0.207. The third kappa shape index (κ3) is 3.97. The predicted molar refractivity (Wildman–Crippen MR) is 122 cm³/mol. The molecule has 1 aliphatic heterocycles. The Hall–Kier alpha value is -3.80. The quantitative estimate of drug-likeness (QED) is 0.534. The van der Waals surface area contributed by atoms with Gasteiger partial charge in [-0.25, -0.2) is 0 Å². The number of hydrogen-bond donors (Lipinski definition) is 1. The van der Waals surface area contributed by atoms with E-state index in [1.807, 2.05) is 25.1 Å². The first kappa shape index (κ1) is 19.2. The smallest absolute Gasteiger partial charge is 0.257 e. The summed E-state index contributed by atoms with van der Waals surface area (Å²) in [6.45, 7) is 4.00. The van der Waals surface area contributed by atoms with E-state index in [9.17, 15) is 4.79 Å². The molecule has 0 spiro atoms. The van der Waals surface area contributed by atoms with Crippen molar-refractivity contribution in [1.29, 1.82) is 0 Å². The second-order valence-electron chi connectivity index (χ2n) is 7.94. The summed E-state index contributed by atoms with van der Waals surface area (Å²) in [7, 11) is 0. The van der Waals surface area contributed by atoms with Crippen LogP contribution in [0.15, 0.2) is 73.1 Å². The van der Waals surface area contributed by atoms with Crippen LogP contribution in [0.4, 0.5) is 11.4 Å². The Labute approximate surface area is 181 Å². The fraction of sp³-hybridized carbons (Fsp3) is 0.200. The highest BCUT2D eigenvalue weighted by atomic mass is 16.1. The monoisotopic (exact) mass is 409 g/mol. The van der Waals surface area contributed by atoms with E-state index in [-0.39, 0.29) is 5.91 Å². The maximum atomic E-state index is 12.5. The largest absolute Gasteiger partial charge is 0.370 e. The van der Waals surface area contributed by atoms with Crippen molar-refractivity contribution in [2.24, 2.45) is 0 Å². The first-order valence-electron chi connectivity index (χ1n) is 10.5. The average molecular weight is 409 g/mol. The molecule has 1 atom stereocenters. The highest BCUT2D eigenvalue weighted by molar-refractivity contribution is 6.05. The summed E-state index contributed by atoms with van der Waals surface area (Å²) < 4.78 is 0. The van der Waals surface area contributed by atoms with Gasteiger partial charge in [0.25, 0.3) is 5.91 Å². The molecule has 6 nitrogen and oxygen atoms in total. The molecule has 1 amide bonds. The molecule has 0 radical (unpaired) electrons. The van der Waals surface area contributed by atoms with Gasteiger partial charge in [0.2, 0.25) is 0 Å². The first-order chi connectivity index (χ1) is 15.2. The van der Waals surface area contributed by atoms with E-state index in [0.29, 0.717) is 11.5 Å². The van der Waals surface area contributed by atoms with Crippen LogP contribution in [0.5, 0.6) is 0 Å². The van der Waals surface area contributed by atoms with E-state index in [0.717, 1.165) is 41.8 Å². The molecule has 0 bridgehead atoms. The van der Waals surface area contributed by atoms with Crippen molar-refractivity contribution in [2.45, 2.75) is 19.3 Å². The standard InChI is InChI=1S/C25H23N5O/c1-17-13-24(30-12-10-20(16-30)18-5-3-2-4-6-18)22-14-21(7-8-23(22)28-17)29-25(31)19-9-11-26-27-15-19/h2-9,11,13-15,20H,10,12,16H2,1H3,(H,29,31). The minimum atomic E-state index is -0.207. The van der Waals surface area contributed by atoms with Gasteiger partial charge in [0.05, 0.1) is 23.5 Å². The molecule has 1 unspecified atom stereocenters. The zero-order valence-electron chi connectivity index (χ0n) is 17.3. The lowest BCUT2D eigenvalue weighted by Crippen LogP contribution is -2.20. The fourth-order valence-corrected chi connectivity index (χ4v) is 4.28. The van der Waals surface area contributed by atoms with E-state index in [4.69, 9.17) is 4.98 Å². The van der Waals surface area contributed by atoms with Crippen molar-refractivity contribution >= 4 is 28.2 Å². The SMILES string of the molecule is Cc1cc(N2CCC(c3ccccc3)C2)c2cc(NC(=O)c3ccnnc3)ccc2n1. The van der Waals surface area contributed by atoms with E-state index in [1.165, 1.54) is 23.6 Å². The molecule has 31 heavy (non-hydrogen) atoms. The van der Waals surface area contributed by atoms with Crippen molar-refractivity contribution in [2.75, 3.05) is 23.3 Å². The van der Waals surface area contributed by atoms with Crippen LogP contribution in [0.3, 0.4) is 0 Å². The number of carbonyl (C=O) groups excluding carboxylic acids is 1. The number of aromatic nitrogens is 3. The molecule has 2 aromatic heterocycles. The summed E-state index contributed by atoms with van der Waals surface area (Å²) in [4.78, 5) is 19.7. The van der Waals surface area contributed by atoms with E-state index >= 15 is 0 Å². The fourth-order valence-electron chi connectivity index (χ4n) is 4.28. The molecule has 1 saturated heterocycles. The lowest BCUT2D eigenvalue weighted by atomic mass is 9.99. The molecule has 4 aromatic rings. The maximum absolute atomic E-state index is 12.5. The van der Waals surface area contributed by atoms with Crippen molar-refractivity contribution in [3.05, 3.63) is 89.9 Å².